The molecule has 4 heteroatoms. The minimum absolute atomic E-state index is 0.218. The van der Waals surface area contributed by atoms with Crippen LogP contribution in [0.1, 0.15) is 11.7 Å². The van der Waals surface area contributed by atoms with Crippen molar-refractivity contribution in [1.29, 1.82) is 0 Å². The number of aromatic nitrogens is 1. The molecule has 3 nitrogen and oxygen atoms in total. The molecular formula is C10H11ClN2O. The van der Waals surface area contributed by atoms with Gasteiger partial charge in [-0.25, -0.2) is 0 Å². The van der Waals surface area contributed by atoms with E-state index in [0.717, 1.165) is 16.5 Å². The lowest BCUT2D eigenvalue weighted by Crippen LogP contribution is -2.10. The summed E-state index contributed by atoms with van der Waals surface area (Å²) in [5.41, 5.74) is 7.13. The van der Waals surface area contributed by atoms with Gasteiger partial charge in [0.25, 0.3) is 0 Å². The minimum Gasteiger partial charge on any atom is -0.387 e. The van der Waals surface area contributed by atoms with E-state index >= 15 is 0 Å². The van der Waals surface area contributed by atoms with Gasteiger partial charge in [0.15, 0.2) is 0 Å². The Morgan fingerprint density at radius 1 is 1.50 bits per heavy atom. The Balaban J connectivity index is 2.58. The van der Waals surface area contributed by atoms with Gasteiger partial charge in [-0.2, -0.15) is 0 Å². The van der Waals surface area contributed by atoms with Crippen molar-refractivity contribution < 1.29 is 5.11 Å². The van der Waals surface area contributed by atoms with Crippen molar-refractivity contribution in [2.75, 3.05) is 6.54 Å². The van der Waals surface area contributed by atoms with Crippen LogP contribution in [0.3, 0.4) is 0 Å². The van der Waals surface area contributed by atoms with Crippen LogP contribution in [0, 0.1) is 0 Å². The quantitative estimate of drug-likeness (QED) is 0.708. The SMILES string of the molecule is NC[C@H](O)c1c[nH]c2cc(Cl)ccc12. The zero-order chi connectivity index (χ0) is 10.1. The zero-order valence-electron chi connectivity index (χ0n) is 7.50. The molecule has 0 saturated carbocycles. The van der Waals surface area contributed by atoms with Gasteiger partial charge < -0.3 is 15.8 Å². The number of aromatic amines is 1. The Hall–Kier alpha value is -1.03. The van der Waals surface area contributed by atoms with Crippen LogP contribution < -0.4 is 5.73 Å². The number of halogens is 1. The Bertz CT molecular complexity index is 452. The molecule has 0 fully saturated rings. The Morgan fingerprint density at radius 2 is 2.29 bits per heavy atom. The third-order valence-electron chi connectivity index (χ3n) is 2.26. The number of fused-ring (bicyclic) bond motifs is 1. The standard InChI is InChI=1S/C10H11ClN2O/c11-6-1-2-7-8(10(14)4-12)5-13-9(7)3-6/h1-3,5,10,13-14H,4,12H2/t10-/m0/s1. The lowest BCUT2D eigenvalue weighted by molar-refractivity contribution is 0.188. The fourth-order valence-corrected chi connectivity index (χ4v) is 1.70. The molecule has 0 amide bonds. The minimum atomic E-state index is -0.620. The van der Waals surface area contributed by atoms with E-state index in [0.29, 0.717) is 5.02 Å². The predicted molar refractivity (Wildman–Crippen MR) is 57.3 cm³/mol. The van der Waals surface area contributed by atoms with E-state index in [-0.39, 0.29) is 6.54 Å². The second kappa shape index (κ2) is 3.61. The number of nitrogens with one attached hydrogen (secondary N) is 1. The Kier molecular flexibility index (Phi) is 2.46. The molecule has 1 aromatic heterocycles. The molecular weight excluding hydrogens is 200 g/mol. The van der Waals surface area contributed by atoms with Crippen molar-refractivity contribution in [2.24, 2.45) is 5.73 Å². The summed E-state index contributed by atoms with van der Waals surface area (Å²) < 4.78 is 0. The van der Waals surface area contributed by atoms with Crippen molar-refractivity contribution >= 4 is 22.5 Å². The van der Waals surface area contributed by atoms with Gasteiger partial charge >= 0.3 is 0 Å². The summed E-state index contributed by atoms with van der Waals surface area (Å²) in [5, 5.41) is 11.2. The summed E-state index contributed by atoms with van der Waals surface area (Å²) in [6.45, 7) is 0.218. The summed E-state index contributed by atoms with van der Waals surface area (Å²) in [4.78, 5) is 3.04. The topological polar surface area (TPSA) is 62.0 Å². The maximum absolute atomic E-state index is 9.61. The average Bonchev–Trinajstić information content (AvgIpc) is 2.59. The third-order valence-corrected chi connectivity index (χ3v) is 2.49. The summed E-state index contributed by atoms with van der Waals surface area (Å²) in [7, 11) is 0. The van der Waals surface area contributed by atoms with Crippen LogP contribution in [0.5, 0.6) is 0 Å². The van der Waals surface area contributed by atoms with Crippen LogP contribution in [-0.2, 0) is 0 Å². The van der Waals surface area contributed by atoms with Gasteiger partial charge in [0.1, 0.15) is 0 Å². The van der Waals surface area contributed by atoms with Crippen LogP contribution in [0.2, 0.25) is 5.02 Å². The van der Waals surface area contributed by atoms with Gasteiger partial charge in [-0.3, -0.25) is 0 Å². The lowest BCUT2D eigenvalue weighted by Gasteiger charge is -2.05. The number of benzene rings is 1. The largest absolute Gasteiger partial charge is 0.387 e. The van der Waals surface area contributed by atoms with Crippen molar-refractivity contribution in [2.45, 2.75) is 6.10 Å². The number of H-pyrrole nitrogens is 1. The third kappa shape index (κ3) is 1.50. The van der Waals surface area contributed by atoms with Crippen molar-refractivity contribution in [3.05, 3.63) is 35.0 Å². The second-order valence-electron chi connectivity index (χ2n) is 3.19. The molecule has 1 heterocycles. The first-order chi connectivity index (χ1) is 6.72. The summed E-state index contributed by atoms with van der Waals surface area (Å²) in [5.74, 6) is 0. The zero-order valence-corrected chi connectivity index (χ0v) is 8.25. The van der Waals surface area contributed by atoms with E-state index in [1.165, 1.54) is 0 Å². The summed E-state index contributed by atoms with van der Waals surface area (Å²) in [6, 6.07) is 5.50. The fraction of sp³-hybridized carbons (Fsp3) is 0.200. The molecule has 0 aliphatic carbocycles. The first kappa shape index (κ1) is 9.52. The smallest absolute Gasteiger partial charge is 0.0932 e. The molecule has 4 N–H and O–H groups in total. The molecule has 0 unspecified atom stereocenters. The molecule has 1 atom stereocenters. The number of hydrogen-bond acceptors (Lipinski definition) is 2. The molecule has 0 saturated heterocycles. The lowest BCUT2D eigenvalue weighted by atomic mass is 10.1. The first-order valence-electron chi connectivity index (χ1n) is 4.37. The highest BCUT2D eigenvalue weighted by Crippen LogP contribution is 2.25. The van der Waals surface area contributed by atoms with Crippen LogP contribution in [0.15, 0.2) is 24.4 Å². The molecule has 74 valence electrons. The number of nitrogens with two attached hydrogens (primary N) is 1. The second-order valence-corrected chi connectivity index (χ2v) is 3.62. The van der Waals surface area contributed by atoms with Crippen LogP contribution in [0.25, 0.3) is 10.9 Å². The van der Waals surface area contributed by atoms with Gasteiger partial charge in [-0.05, 0) is 12.1 Å². The molecule has 0 aliphatic rings. The van der Waals surface area contributed by atoms with Gasteiger partial charge in [0, 0.05) is 34.2 Å². The van der Waals surface area contributed by atoms with E-state index in [9.17, 15) is 5.11 Å². The Morgan fingerprint density at radius 3 is 3.00 bits per heavy atom. The molecule has 14 heavy (non-hydrogen) atoms. The van der Waals surface area contributed by atoms with E-state index in [1.54, 1.807) is 12.3 Å². The monoisotopic (exact) mass is 210 g/mol. The summed E-state index contributed by atoms with van der Waals surface area (Å²) >= 11 is 5.83. The van der Waals surface area contributed by atoms with E-state index in [4.69, 9.17) is 17.3 Å². The number of hydrogen-bond donors (Lipinski definition) is 3. The maximum Gasteiger partial charge on any atom is 0.0932 e. The van der Waals surface area contributed by atoms with Crippen LogP contribution in [0.4, 0.5) is 0 Å². The van der Waals surface area contributed by atoms with E-state index in [2.05, 4.69) is 4.98 Å². The summed E-state index contributed by atoms with van der Waals surface area (Å²) in [6.07, 6.45) is 1.14. The van der Waals surface area contributed by atoms with Crippen molar-refractivity contribution in [3.63, 3.8) is 0 Å². The van der Waals surface area contributed by atoms with E-state index < -0.39 is 6.10 Å². The fourth-order valence-electron chi connectivity index (χ4n) is 1.52. The van der Waals surface area contributed by atoms with E-state index in [1.807, 2.05) is 12.1 Å². The molecule has 2 aromatic rings. The van der Waals surface area contributed by atoms with Gasteiger partial charge in [0.2, 0.25) is 0 Å². The normalized spacial score (nSPS) is 13.4. The highest BCUT2D eigenvalue weighted by atomic mass is 35.5. The van der Waals surface area contributed by atoms with Crippen LogP contribution >= 0.6 is 11.6 Å². The number of rotatable bonds is 2. The highest BCUT2D eigenvalue weighted by Gasteiger charge is 2.10. The molecule has 0 radical (unpaired) electrons. The molecule has 0 aliphatic heterocycles. The maximum atomic E-state index is 9.61. The van der Waals surface area contributed by atoms with Crippen LogP contribution in [-0.4, -0.2) is 16.6 Å². The number of aliphatic hydroxyl groups is 1. The van der Waals surface area contributed by atoms with Gasteiger partial charge in [-0.15, -0.1) is 0 Å². The molecule has 0 bridgehead atoms. The Labute approximate surface area is 86.5 Å². The van der Waals surface area contributed by atoms with Gasteiger partial charge in [-0.1, -0.05) is 17.7 Å². The van der Waals surface area contributed by atoms with Crippen molar-refractivity contribution in [3.8, 4) is 0 Å². The predicted octanol–water partition coefficient (Wildman–Crippen LogP) is 1.81. The highest BCUT2D eigenvalue weighted by molar-refractivity contribution is 6.31. The average molecular weight is 211 g/mol. The first-order valence-corrected chi connectivity index (χ1v) is 4.75. The molecule has 1 aromatic carbocycles. The van der Waals surface area contributed by atoms with Gasteiger partial charge in [0.05, 0.1) is 6.10 Å². The molecule has 2 rings (SSSR count). The number of aliphatic hydroxyl groups excluding tert-OH is 1. The molecule has 0 spiro atoms. The van der Waals surface area contributed by atoms with Crippen molar-refractivity contribution in [1.82, 2.24) is 4.98 Å².